The average molecular weight is 290 g/mol. The van der Waals surface area contributed by atoms with Crippen molar-refractivity contribution in [2.75, 3.05) is 26.2 Å². The zero-order chi connectivity index (χ0) is 13.8. The van der Waals surface area contributed by atoms with E-state index in [0.29, 0.717) is 0 Å². The monoisotopic (exact) mass is 290 g/mol. The Bertz CT molecular complexity index is 533. The van der Waals surface area contributed by atoms with Gasteiger partial charge in [-0.25, -0.2) is 4.39 Å². The Morgan fingerprint density at radius 1 is 0.950 bits per heavy atom. The second-order valence-corrected chi connectivity index (χ2v) is 6.29. The Kier molecular flexibility index (Phi) is 4.45. The average Bonchev–Trinajstić information content (AvgIpc) is 2.94. The first kappa shape index (κ1) is 13.7. The lowest BCUT2D eigenvalue weighted by atomic mass is 10.2. The second-order valence-electron chi connectivity index (χ2n) is 5.26. The molecule has 4 heteroatoms. The number of rotatable bonds is 4. The molecule has 1 saturated heterocycles. The minimum Gasteiger partial charge on any atom is -0.297 e. The van der Waals surface area contributed by atoms with Gasteiger partial charge in [-0.2, -0.15) is 0 Å². The highest BCUT2D eigenvalue weighted by molar-refractivity contribution is 7.09. The van der Waals surface area contributed by atoms with Gasteiger partial charge in [0.2, 0.25) is 0 Å². The summed E-state index contributed by atoms with van der Waals surface area (Å²) in [7, 11) is 0. The van der Waals surface area contributed by atoms with E-state index in [4.69, 9.17) is 0 Å². The third-order valence-electron chi connectivity index (χ3n) is 3.72. The molecule has 20 heavy (non-hydrogen) atoms. The highest BCUT2D eigenvalue weighted by atomic mass is 32.1. The Labute approximate surface area is 123 Å². The van der Waals surface area contributed by atoms with Gasteiger partial charge in [0.25, 0.3) is 0 Å². The van der Waals surface area contributed by atoms with Crippen molar-refractivity contribution < 1.29 is 4.39 Å². The third-order valence-corrected chi connectivity index (χ3v) is 4.58. The second kappa shape index (κ2) is 6.48. The van der Waals surface area contributed by atoms with Crippen LogP contribution in [0.15, 0.2) is 41.8 Å². The lowest BCUT2D eigenvalue weighted by molar-refractivity contribution is 0.123. The van der Waals surface area contributed by atoms with Gasteiger partial charge < -0.3 is 0 Å². The maximum absolute atomic E-state index is 13.2. The molecule has 0 saturated carbocycles. The Hall–Kier alpha value is -1.23. The van der Waals surface area contributed by atoms with Crippen LogP contribution < -0.4 is 0 Å². The molecule has 1 aliphatic rings. The summed E-state index contributed by atoms with van der Waals surface area (Å²) in [5.41, 5.74) is 1.07. The van der Waals surface area contributed by atoms with Crippen molar-refractivity contribution in [1.29, 1.82) is 0 Å². The summed E-state index contributed by atoms with van der Waals surface area (Å²) in [4.78, 5) is 6.33. The SMILES string of the molecule is Fc1cccc(CN2CCN(Cc3cccs3)CC2)c1. The van der Waals surface area contributed by atoms with Crippen molar-refractivity contribution >= 4 is 11.3 Å². The van der Waals surface area contributed by atoms with Crippen molar-refractivity contribution in [2.45, 2.75) is 13.1 Å². The number of benzene rings is 1. The zero-order valence-electron chi connectivity index (χ0n) is 11.5. The number of nitrogens with zero attached hydrogens (tertiary/aromatic N) is 2. The molecule has 0 N–H and O–H groups in total. The smallest absolute Gasteiger partial charge is 0.123 e. The molecular formula is C16H19FN2S. The van der Waals surface area contributed by atoms with E-state index in [1.54, 1.807) is 12.1 Å². The number of piperazine rings is 1. The predicted molar refractivity (Wildman–Crippen MR) is 81.3 cm³/mol. The van der Waals surface area contributed by atoms with Gasteiger partial charge in [-0.05, 0) is 29.1 Å². The van der Waals surface area contributed by atoms with E-state index in [9.17, 15) is 4.39 Å². The Morgan fingerprint density at radius 3 is 2.35 bits per heavy atom. The van der Waals surface area contributed by atoms with E-state index in [2.05, 4.69) is 27.3 Å². The van der Waals surface area contributed by atoms with Gasteiger partial charge in [0, 0.05) is 44.1 Å². The molecule has 0 aliphatic carbocycles. The van der Waals surface area contributed by atoms with Crippen LogP contribution in [0.4, 0.5) is 4.39 Å². The quantitative estimate of drug-likeness (QED) is 0.853. The van der Waals surface area contributed by atoms with Crippen molar-refractivity contribution in [3.05, 3.63) is 58.0 Å². The molecule has 1 aliphatic heterocycles. The molecule has 1 fully saturated rings. The summed E-state index contributed by atoms with van der Waals surface area (Å²) in [6.45, 7) is 6.21. The summed E-state index contributed by atoms with van der Waals surface area (Å²) in [5.74, 6) is -0.140. The van der Waals surface area contributed by atoms with Crippen LogP contribution in [0.5, 0.6) is 0 Å². The van der Waals surface area contributed by atoms with Crippen LogP contribution in [-0.4, -0.2) is 36.0 Å². The third kappa shape index (κ3) is 3.66. The maximum Gasteiger partial charge on any atom is 0.123 e. The molecule has 0 bridgehead atoms. The molecule has 0 spiro atoms. The Balaban J connectivity index is 1.48. The van der Waals surface area contributed by atoms with E-state index in [1.165, 1.54) is 10.9 Å². The van der Waals surface area contributed by atoms with Crippen LogP contribution in [0.1, 0.15) is 10.4 Å². The summed E-state index contributed by atoms with van der Waals surface area (Å²) in [5, 5.41) is 2.13. The molecular weight excluding hydrogens is 271 g/mol. The van der Waals surface area contributed by atoms with Crippen LogP contribution in [0.3, 0.4) is 0 Å². The number of halogens is 1. The lowest BCUT2D eigenvalue weighted by Gasteiger charge is -2.34. The van der Waals surface area contributed by atoms with Crippen LogP contribution in [0.2, 0.25) is 0 Å². The molecule has 2 nitrogen and oxygen atoms in total. The van der Waals surface area contributed by atoms with Gasteiger partial charge in [-0.15, -0.1) is 11.3 Å². The van der Waals surface area contributed by atoms with Gasteiger partial charge in [-0.3, -0.25) is 9.80 Å². The minimum absolute atomic E-state index is 0.140. The number of thiophene rings is 1. The molecule has 2 aromatic rings. The molecule has 1 aromatic heterocycles. The summed E-state index contributed by atoms with van der Waals surface area (Å²) < 4.78 is 13.2. The van der Waals surface area contributed by atoms with Crippen LogP contribution in [0.25, 0.3) is 0 Å². The molecule has 106 valence electrons. The topological polar surface area (TPSA) is 6.48 Å². The van der Waals surface area contributed by atoms with Gasteiger partial charge in [-0.1, -0.05) is 18.2 Å². The standard InChI is InChI=1S/C16H19FN2S/c17-15-4-1-3-14(11-15)12-18-6-8-19(9-7-18)13-16-5-2-10-20-16/h1-5,10-11H,6-9,12-13H2. The van der Waals surface area contributed by atoms with Crippen LogP contribution in [0, 0.1) is 5.82 Å². The van der Waals surface area contributed by atoms with Crippen molar-refractivity contribution in [3.8, 4) is 0 Å². The van der Waals surface area contributed by atoms with Crippen LogP contribution >= 0.6 is 11.3 Å². The molecule has 0 amide bonds. The van der Waals surface area contributed by atoms with Crippen molar-refractivity contribution in [1.82, 2.24) is 9.80 Å². The van der Waals surface area contributed by atoms with E-state index >= 15 is 0 Å². The fourth-order valence-electron chi connectivity index (χ4n) is 2.62. The van der Waals surface area contributed by atoms with E-state index < -0.39 is 0 Å². The first-order valence-corrected chi connectivity index (χ1v) is 7.89. The Morgan fingerprint density at radius 2 is 1.70 bits per heavy atom. The number of hydrogen-bond donors (Lipinski definition) is 0. The van der Waals surface area contributed by atoms with E-state index in [1.807, 2.05) is 17.4 Å². The van der Waals surface area contributed by atoms with E-state index in [0.717, 1.165) is 44.8 Å². The molecule has 2 heterocycles. The number of hydrogen-bond acceptors (Lipinski definition) is 3. The van der Waals surface area contributed by atoms with E-state index in [-0.39, 0.29) is 5.82 Å². The fourth-order valence-corrected chi connectivity index (χ4v) is 3.37. The maximum atomic E-state index is 13.2. The molecule has 0 atom stereocenters. The first-order valence-electron chi connectivity index (χ1n) is 7.01. The summed E-state index contributed by atoms with van der Waals surface area (Å²) >= 11 is 1.82. The predicted octanol–water partition coefficient (Wildman–Crippen LogP) is 3.21. The molecule has 0 radical (unpaired) electrons. The molecule has 0 unspecified atom stereocenters. The first-order chi connectivity index (χ1) is 9.79. The van der Waals surface area contributed by atoms with Crippen LogP contribution in [-0.2, 0) is 13.1 Å². The zero-order valence-corrected chi connectivity index (χ0v) is 12.3. The van der Waals surface area contributed by atoms with Crippen molar-refractivity contribution in [2.24, 2.45) is 0 Å². The molecule has 1 aromatic carbocycles. The highest BCUT2D eigenvalue weighted by Gasteiger charge is 2.17. The molecule has 3 rings (SSSR count). The largest absolute Gasteiger partial charge is 0.297 e. The lowest BCUT2D eigenvalue weighted by Crippen LogP contribution is -2.45. The van der Waals surface area contributed by atoms with Crippen molar-refractivity contribution in [3.63, 3.8) is 0 Å². The summed E-state index contributed by atoms with van der Waals surface area (Å²) in [6.07, 6.45) is 0. The van der Waals surface area contributed by atoms with Gasteiger partial charge in [0.1, 0.15) is 5.82 Å². The van der Waals surface area contributed by atoms with Gasteiger partial charge in [0.05, 0.1) is 0 Å². The normalized spacial score (nSPS) is 17.4. The summed E-state index contributed by atoms with van der Waals surface area (Å²) in [6, 6.07) is 11.2. The van der Waals surface area contributed by atoms with Gasteiger partial charge in [0.15, 0.2) is 0 Å². The minimum atomic E-state index is -0.140. The van der Waals surface area contributed by atoms with Gasteiger partial charge >= 0.3 is 0 Å². The fraction of sp³-hybridized carbons (Fsp3) is 0.375. The highest BCUT2D eigenvalue weighted by Crippen LogP contribution is 2.15.